The number of nitrogens with one attached hydrogen (secondary N) is 1. The van der Waals surface area contributed by atoms with Crippen LogP contribution in [0.25, 0.3) is 0 Å². The van der Waals surface area contributed by atoms with Gasteiger partial charge in [-0.1, -0.05) is 13.0 Å². The second-order valence-electron chi connectivity index (χ2n) is 9.10. The lowest BCUT2D eigenvalue weighted by Crippen LogP contribution is -2.56. The molecule has 5 heteroatoms. The lowest BCUT2D eigenvalue weighted by Gasteiger charge is -2.58. The molecule has 1 amide bonds. The third kappa shape index (κ3) is 2.62. The van der Waals surface area contributed by atoms with Crippen molar-refractivity contribution in [1.29, 1.82) is 0 Å². The van der Waals surface area contributed by atoms with Crippen LogP contribution in [0, 0.1) is 16.7 Å². The summed E-state index contributed by atoms with van der Waals surface area (Å²) >= 11 is 0. The van der Waals surface area contributed by atoms with Crippen LogP contribution < -0.4 is 10.1 Å². The quantitative estimate of drug-likeness (QED) is 0.835. The number of hydrogen-bond acceptors (Lipinski definition) is 4. The molecule has 1 aromatic rings. The third-order valence-electron chi connectivity index (χ3n) is 8.11. The first-order chi connectivity index (χ1) is 13.3. The highest BCUT2D eigenvalue weighted by atomic mass is 16.5. The number of aryl methyl sites for hydroxylation is 1. The van der Waals surface area contributed by atoms with Gasteiger partial charge in [-0.25, -0.2) is 0 Å². The molecule has 28 heavy (non-hydrogen) atoms. The van der Waals surface area contributed by atoms with E-state index in [1.807, 2.05) is 6.07 Å². The minimum atomic E-state index is -0.633. The fourth-order valence-electron chi connectivity index (χ4n) is 6.75. The van der Waals surface area contributed by atoms with Crippen molar-refractivity contribution in [3.63, 3.8) is 0 Å². The number of aliphatic hydroxyl groups excluding tert-OH is 1. The molecule has 0 heterocycles. The number of fused-ring (bicyclic) bond motifs is 5. The van der Waals surface area contributed by atoms with Crippen LogP contribution >= 0.6 is 0 Å². The van der Waals surface area contributed by atoms with Gasteiger partial charge in [0.15, 0.2) is 0 Å². The number of rotatable bonds is 4. The zero-order valence-corrected chi connectivity index (χ0v) is 17.1. The lowest BCUT2D eigenvalue weighted by atomic mass is 9.46. The number of amides is 1. The highest BCUT2D eigenvalue weighted by molar-refractivity contribution is 5.89. The third-order valence-corrected chi connectivity index (χ3v) is 8.11. The van der Waals surface area contributed by atoms with Gasteiger partial charge < -0.3 is 15.2 Å². The summed E-state index contributed by atoms with van der Waals surface area (Å²) in [6, 6.07) is 6.34. The van der Waals surface area contributed by atoms with Gasteiger partial charge in [0.05, 0.1) is 13.2 Å². The van der Waals surface area contributed by atoms with Crippen LogP contribution in [0.5, 0.6) is 5.75 Å². The molecule has 152 valence electrons. The number of benzene rings is 1. The summed E-state index contributed by atoms with van der Waals surface area (Å²) in [6.45, 7) is 4.09. The minimum absolute atomic E-state index is 0.0645. The van der Waals surface area contributed by atoms with Crippen molar-refractivity contribution in [3.05, 3.63) is 29.3 Å². The van der Waals surface area contributed by atoms with E-state index in [-0.39, 0.29) is 24.0 Å². The monoisotopic (exact) mass is 385 g/mol. The molecule has 5 atom stereocenters. The number of carbonyl (C=O) groups is 2. The van der Waals surface area contributed by atoms with Crippen LogP contribution in [-0.2, 0) is 16.0 Å². The largest absolute Gasteiger partial charge is 0.497 e. The van der Waals surface area contributed by atoms with Crippen molar-refractivity contribution in [3.8, 4) is 5.75 Å². The van der Waals surface area contributed by atoms with Gasteiger partial charge in [-0.15, -0.1) is 0 Å². The molecule has 0 bridgehead atoms. The normalized spacial score (nSPS) is 36.3. The Morgan fingerprint density at radius 2 is 2.14 bits per heavy atom. The maximum Gasteiger partial charge on any atom is 0.216 e. The van der Waals surface area contributed by atoms with Crippen molar-refractivity contribution in [2.75, 3.05) is 13.7 Å². The Hall–Kier alpha value is -1.88. The van der Waals surface area contributed by atoms with E-state index in [0.29, 0.717) is 18.9 Å². The Morgan fingerprint density at radius 1 is 1.36 bits per heavy atom. The lowest BCUT2D eigenvalue weighted by molar-refractivity contribution is -0.144. The van der Waals surface area contributed by atoms with E-state index >= 15 is 0 Å². The molecule has 0 unspecified atom stereocenters. The molecule has 2 N–H and O–H groups in total. The predicted octanol–water partition coefficient (Wildman–Crippen LogP) is 2.99. The molecular weight excluding hydrogens is 354 g/mol. The summed E-state index contributed by atoms with van der Waals surface area (Å²) in [5.41, 5.74) is 1.72. The van der Waals surface area contributed by atoms with Gasteiger partial charge in [0.1, 0.15) is 11.5 Å². The second kappa shape index (κ2) is 6.87. The van der Waals surface area contributed by atoms with Gasteiger partial charge in [-0.05, 0) is 67.2 Å². The van der Waals surface area contributed by atoms with Crippen molar-refractivity contribution in [2.45, 2.75) is 64.4 Å². The molecule has 0 spiro atoms. The van der Waals surface area contributed by atoms with Crippen LogP contribution in [0.2, 0.25) is 0 Å². The van der Waals surface area contributed by atoms with Gasteiger partial charge >= 0.3 is 0 Å². The van der Waals surface area contributed by atoms with Crippen molar-refractivity contribution in [1.82, 2.24) is 5.32 Å². The Morgan fingerprint density at radius 3 is 2.86 bits per heavy atom. The summed E-state index contributed by atoms with van der Waals surface area (Å²) in [4.78, 5) is 24.4. The fourth-order valence-corrected chi connectivity index (χ4v) is 6.75. The van der Waals surface area contributed by atoms with Crippen molar-refractivity contribution >= 4 is 11.7 Å². The van der Waals surface area contributed by atoms with Crippen LogP contribution in [-0.4, -0.2) is 36.6 Å². The average Bonchev–Trinajstić information content (AvgIpc) is 2.87. The Balaban J connectivity index is 1.74. The smallest absolute Gasteiger partial charge is 0.216 e. The predicted molar refractivity (Wildman–Crippen MR) is 106 cm³/mol. The van der Waals surface area contributed by atoms with E-state index in [4.69, 9.17) is 4.74 Å². The number of carbonyl (C=O) groups excluding carboxylic acids is 2. The van der Waals surface area contributed by atoms with E-state index in [1.54, 1.807) is 7.11 Å². The molecule has 3 aliphatic carbocycles. The van der Waals surface area contributed by atoms with Crippen molar-refractivity contribution in [2.24, 2.45) is 16.7 Å². The van der Waals surface area contributed by atoms with E-state index < -0.39 is 16.9 Å². The van der Waals surface area contributed by atoms with E-state index in [1.165, 1.54) is 18.1 Å². The zero-order chi connectivity index (χ0) is 20.1. The van der Waals surface area contributed by atoms with E-state index in [9.17, 15) is 14.7 Å². The van der Waals surface area contributed by atoms with Gasteiger partial charge in [0.25, 0.3) is 0 Å². The van der Waals surface area contributed by atoms with Crippen LogP contribution in [0.15, 0.2) is 18.2 Å². The highest BCUT2D eigenvalue weighted by Crippen LogP contribution is 2.68. The topological polar surface area (TPSA) is 75.6 Å². The van der Waals surface area contributed by atoms with Gasteiger partial charge in [0.2, 0.25) is 5.91 Å². The number of ether oxygens (including phenoxy) is 1. The van der Waals surface area contributed by atoms with Crippen LogP contribution in [0.4, 0.5) is 0 Å². The summed E-state index contributed by atoms with van der Waals surface area (Å²) < 4.78 is 5.40. The summed E-state index contributed by atoms with van der Waals surface area (Å²) in [5.74, 6) is 1.62. The molecule has 5 nitrogen and oxygen atoms in total. The van der Waals surface area contributed by atoms with E-state index in [2.05, 4.69) is 24.4 Å². The molecule has 2 saturated carbocycles. The number of hydrogen-bond donors (Lipinski definition) is 2. The standard InChI is InChI=1S/C23H31NO4/c1-14(25)24-11-10-23-19-7-4-15-12-16(28-3)5-6-17(15)18(19)8-9-22(23,2)20(26)13-21(23)27/h5-6,12,18-19,21,27H,4,7-11,13H2,1-3H3,(H,24,25)/t18-,19-,21-,22-,23+/m1/s1. The van der Waals surface area contributed by atoms with Crippen LogP contribution in [0.3, 0.4) is 0 Å². The maximum atomic E-state index is 13.0. The SMILES string of the molecule is COc1ccc2c(c1)CC[C@@H]1[C@@H]2CC[C@]2(C)C(=O)C[C@@H](O)[C@]12CCNC(C)=O. The Labute approximate surface area is 166 Å². The molecule has 1 aromatic carbocycles. The molecule has 3 aliphatic rings. The van der Waals surface area contributed by atoms with Gasteiger partial charge in [-0.3, -0.25) is 9.59 Å². The number of methoxy groups -OCH3 is 1. The van der Waals surface area contributed by atoms with Crippen molar-refractivity contribution < 1.29 is 19.4 Å². The highest BCUT2D eigenvalue weighted by Gasteiger charge is 2.68. The fraction of sp³-hybridized carbons (Fsp3) is 0.652. The molecule has 0 aliphatic heterocycles. The Bertz CT molecular complexity index is 806. The summed E-state index contributed by atoms with van der Waals surface area (Å²) in [5, 5.41) is 14.1. The average molecular weight is 386 g/mol. The van der Waals surface area contributed by atoms with Crippen LogP contribution in [0.1, 0.15) is 63.0 Å². The molecule has 4 rings (SSSR count). The first-order valence-electron chi connectivity index (χ1n) is 10.5. The number of aliphatic hydroxyl groups is 1. The first-order valence-corrected chi connectivity index (χ1v) is 10.5. The molecular formula is C23H31NO4. The first kappa shape index (κ1) is 19.4. The molecule has 0 aromatic heterocycles. The maximum absolute atomic E-state index is 13.0. The molecule has 0 radical (unpaired) electrons. The number of Topliss-reactive ketones (excluding diaryl/α,β-unsaturated/α-hetero) is 1. The Kier molecular flexibility index (Phi) is 4.77. The van der Waals surface area contributed by atoms with Gasteiger partial charge in [-0.2, -0.15) is 0 Å². The zero-order valence-electron chi connectivity index (χ0n) is 17.1. The molecule has 2 fully saturated rings. The minimum Gasteiger partial charge on any atom is -0.497 e. The summed E-state index contributed by atoms with van der Waals surface area (Å²) in [6.07, 6.45) is 3.94. The summed E-state index contributed by atoms with van der Waals surface area (Å²) in [7, 11) is 1.69. The second-order valence-corrected chi connectivity index (χ2v) is 9.10. The molecule has 0 saturated heterocycles. The van der Waals surface area contributed by atoms with E-state index in [0.717, 1.165) is 31.4 Å². The van der Waals surface area contributed by atoms with Gasteiger partial charge in [0, 0.05) is 30.7 Å². The number of ketones is 1.